The van der Waals surface area contributed by atoms with Gasteiger partial charge in [0.15, 0.2) is 11.5 Å². The Morgan fingerprint density at radius 3 is 2.80 bits per heavy atom. The number of nitrogens with zero attached hydrogens (tertiary/aromatic N) is 1. The van der Waals surface area contributed by atoms with Crippen LogP contribution in [0.4, 0.5) is 0 Å². The fourth-order valence-electron chi connectivity index (χ4n) is 1.78. The van der Waals surface area contributed by atoms with E-state index in [0.29, 0.717) is 32.0 Å². The molecule has 112 valence electrons. The Morgan fingerprint density at radius 2 is 2.15 bits per heavy atom. The van der Waals surface area contributed by atoms with Crippen molar-refractivity contribution in [2.24, 2.45) is 0 Å². The molecule has 0 aromatic heterocycles. The largest absolute Gasteiger partial charge is 0.504 e. The number of benzene rings is 1. The summed E-state index contributed by atoms with van der Waals surface area (Å²) in [5.74, 6) is 0.493. The molecule has 6 heteroatoms. The van der Waals surface area contributed by atoms with Gasteiger partial charge in [-0.25, -0.2) is 0 Å². The zero-order chi connectivity index (χ0) is 15.0. The molecule has 1 aromatic rings. The van der Waals surface area contributed by atoms with Crippen LogP contribution in [0, 0.1) is 0 Å². The fraction of sp³-hybridized carbons (Fsp3) is 0.500. The molecule has 1 aromatic carbocycles. The monoisotopic (exact) mass is 282 g/mol. The molecule has 0 saturated carbocycles. The molecule has 0 fully saturated rings. The summed E-state index contributed by atoms with van der Waals surface area (Å²) >= 11 is 0. The Balaban J connectivity index is 2.45. The normalized spacial score (nSPS) is 10.6. The van der Waals surface area contributed by atoms with Crippen molar-refractivity contribution in [3.05, 3.63) is 23.8 Å². The number of carbonyl (C=O) groups is 1. The first-order chi connectivity index (χ1) is 9.56. The summed E-state index contributed by atoms with van der Waals surface area (Å²) in [5.41, 5.74) is 0.965. The Hall–Kier alpha value is -1.79. The molecule has 6 nitrogen and oxygen atoms in total. The molecule has 2 N–H and O–H groups in total. The zero-order valence-corrected chi connectivity index (χ0v) is 12.2. The van der Waals surface area contributed by atoms with Crippen molar-refractivity contribution in [2.75, 3.05) is 41.0 Å². The lowest BCUT2D eigenvalue weighted by Crippen LogP contribution is -2.36. The van der Waals surface area contributed by atoms with E-state index in [1.54, 1.807) is 25.3 Å². The number of phenolic OH excluding ortho intramolecular Hbond substituents is 1. The summed E-state index contributed by atoms with van der Waals surface area (Å²) in [6, 6.07) is 5.15. The molecule has 20 heavy (non-hydrogen) atoms. The second-order valence-corrected chi connectivity index (χ2v) is 4.52. The maximum absolute atomic E-state index is 11.6. The third-order valence-electron chi connectivity index (χ3n) is 2.74. The molecule has 0 aliphatic heterocycles. The van der Waals surface area contributed by atoms with E-state index < -0.39 is 0 Å². The second-order valence-electron chi connectivity index (χ2n) is 4.52. The van der Waals surface area contributed by atoms with Gasteiger partial charge in [0.05, 0.1) is 20.3 Å². The van der Waals surface area contributed by atoms with Gasteiger partial charge in [-0.3, -0.25) is 9.69 Å². The van der Waals surface area contributed by atoms with Gasteiger partial charge in [0.2, 0.25) is 5.91 Å². The van der Waals surface area contributed by atoms with Gasteiger partial charge in [-0.1, -0.05) is 6.07 Å². The Morgan fingerprint density at radius 1 is 1.40 bits per heavy atom. The molecule has 0 atom stereocenters. The van der Waals surface area contributed by atoms with Gasteiger partial charge >= 0.3 is 0 Å². The second kappa shape index (κ2) is 8.39. The summed E-state index contributed by atoms with van der Waals surface area (Å²) in [5, 5.41) is 12.3. The van der Waals surface area contributed by atoms with E-state index in [9.17, 15) is 9.90 Å². The highest BCUT2D eigenvalue weighted by atomic mass is 16.5. The van der Waals surface area contributed by atoms with Crippen LogP contribution < -0.4 is 10.1 Å². The van der Waals surface area contributed by atoms with Gasteiger partial charge in [-0.2, -0.15) is 0 Å². The van der Waals surface area contributed by atoms with Gasteiger partial charge in [-0.05, 0) is 24.7 Å². The van der Waals surface area contributed by atoms with Crippen LogP contribution in [0.5, 0.6) is 11.5 Å². The van der Waals surface area contributed by atoms with E-state index in [0.717, 1.165) is 5.56 Å². The van der Waals surface area contributed by atoms with E-state index in [-0.39, 0.29) is 11.7 Å². The molecular weight excluding hydrogens is 260 g/mol. The lowest BCUT2D eigenvalue weighted by Gasteiger charge is -2.17. The molecule has 0 unspecified atom stereocenters. The summed E-state index contributed by atoms with van der Waals surface area (Å²) in [4.78, 5) is 13.5. The van der Waals surface area contributed by atoms with E-state index >= 15 is 0 Å². The molecule has 1 amide bonds. The number of nitrogens with one attached hydrogen (secondary N) is 1. The van der Waals surface area contributed by atoms with E-state index in [2.05, 4.69) is 5.32 Å². The van der Waals surface area contributed by atoms with E-state index in [1.165, 1.54) is 7.11 Å². The van der Waals surface area contributed by atoms with Crippen LogP contribution in [0.25, 0.3) is 0 Å². The molecule has 1 rings (SSSR count). The van der Waals surface area contributed by atoms with E-state index in [4.69, 9.17) is 9.47 Å². The van der Waals surface area contributed by atoms with E-state index in [1.807, 2.05) is 11.9 Å². The molecule has 0 radical (unpaired) electrons. The number of rotatable bonds is 8. The van der Waals surface area contributed by atoms with Crippen molar-refractivity contribution in [1.29, 1.82) is 0 Å². The zero-order valence-electron chi connectivity index (χ0n) is 12.2. The van der Waals surface area contributed by atoms with Crippen LogP contribution in [0.15, 0.2) is 18.2 Å². The van der Waals surface area contributed by atoms with Crippen LogP contribution in [-0.2, 0) is 16.1 Å². The number of likely N-dealkylation sites (N-methyl/N-ethyl adjacent to an activating group) is 1. The fourth-order valence-corrected chi connectivity index (χ4v) is 1.78. The first-order valence-corrected chi connectivity index (χ1v) is 6.37. The summed E-state index contributed by atoms with van der Waals surface area (Å²) in [6.45, 7) is 1.90. The quantitative estimate of drug-likeness (QED) is 0.683. The van der Waals surface area contributed by atoms with Crippen LogP contribution in [0.1, 0.15) is 5.56 Å². The van der Waals surface area contributed by atoms with Crippen molar-refractivity contribution < 1.29 is 19.4 Å². The number of phenols is 1. The predicted molar refractivity (Wildman–Crippen MR) is 75.9 cm³/mol. The van der Waals surface area contributed by atoms with Gasteiger partial charge in [0.25, 0.3) is 0 Å². The Labute approximate surface area is 119 Å². The number of carbonyl (C=O) groups excluding carboxylic acids is 1. The van der Waals surface area contributed by atoms with Crippen molar-refractivity contribution in [3.63, 3.8) is 0 Å². The highest BCUT2D eigenvalue weighted by Crippen LogP contribution is 2.26. The van der Waals surface area contributed by atoms with Gasteiger partial charge in [0.1, 0.15) is 0 Å². The third kappa shape index (κ3) is 5.46. The number of amides is 1. The van der Waals surface area contributed by atoms with Gasteiger partial charge < -0.3 is 19.9 Å². The number of hydrogen-bond donors (Lipinski definition) is 2. The topological polar surface area (TPSA) is 71.0 Å². The first-order valence-electron chi connectivity index (χ1n) is 6.37. The third-order valence-corrected chi connectivity index (χ3v) is 2.74. The summed E-state index contributed by atoms with van der Waals surface area (Å²) in [7, 11) is 4.96. The number of hydrogen-bond acceptors (Lipinski definition) is 5. The number of methoxy groups -OCH3 is 2. The predicted octanol–water partition coefficient (Wildman–Crippen LogP) is 0.595. The maximum Gasteiger partial charge on any atom is 0.234 e. The highest BCUT2D eigenvalue weighted by molar-refractivity contribution is 5.77. The standard InChI is InChI=1S/C14H22N2O4/c1-16(10-14(18)15-6-7-19-2)9-11-4-5-12(17)13(8-11)20-3/h4-5,8,17H,6-7,9-10H2,1-3H3,(H,15,18). The average molecular weight is 282 g/mol. The maximum atomic E-state index is 11.6. The van der Waals surface area contributed by atoms with Crippen LogP contribution in [-0.4, -0.2) is 56.9 Å². The molecule has 0 saturated heterocycles. The minimum Gasteiger partial charge on any atom is -0.504 e. The van der Waals surface area contributed by atoms with Crippen LogP contribution >= 0.6 is 0 Å². The average Bonchev–Trinajstić information content (AvgIpc) is 2.41. The van der Waals surface area contributed by atoms with Crippen molar-refractivity contribution in [3.8, 4) is 11.5 Å². The lowest BCUT2D eigenvalue weighted by atomic mass is 10.2. The molecule has 0 aliphatic carbocycles. The minimum atomic E-state index is -0.0460. The van der Waals surface area contributed by atoms with Crippen molar-refractivity contribution >= 4 is 5.91 Å². The molecular formula is C14H22N2O4. The minimum absolute atomic E-state index is 0.0460. The first kappa shape index (κ1) is 16.3. The molecule has 0 spiro atoms. The van der Waals surface area contributed by atoms with Crippen LogP contribution in [0.2, 0.25) is 0 Å². The molecule has 0 heterocycles. The highest BCUT2D eigenvalue weighted by Gasteiger charge is 2.08. The molecule has 0 bridgehead atoms. The Kier molecular flexibility index (Phi) is 6.83. The molecule has 0 aliphatic rings. The smallest absolute Gasteiger partial charge is 0.234 e. The van der Waals surface area contributed by atoms with Crippen molar-refractivity contribution in [2.45, 2.75) is 6.54 Å². The summed E-state index contributed by atoms with van der Waals surface area (Å²) < 4.78 is 9.92. The number of ether oxygens (including phenoxy) is 2. The lowest BCUT2D eigenvalue weighted by molar-refractivity contribution is -0.122. The van der Waals surface area contributed by atoms with Crippen molar-refractivity contribution in [1.82, 2.24) is 10.2 Å². The van der Waals surface area contributed by atoms with Gasteiger partial charge in [-0.15, -0.1) is 0 Å². The van der Waals surface area contributed by atoms with Crippen LogP contribution in [0.3, 0.4) is 0 Å². The Bertz CT molecular complexity index is 437. The number of aromatic hydroxyl groups is 1. The SMILES string of the molecule is COCCNC(=O)CN(C)Cc1ccc(O)c(OC)c1. The van der Waals surface area contributed by atoms with Gasteiger partial charge in [0, 0.05) is 20.2 Å². The summed E-state index contributed by atoms with van der Waals surface area (Å²) in [6.07, 6.45) is 0.